The van der Waals surface area contributed by atoms with Gasteiger partial charge in [-0.2, -0.15) is 18.4 Å². The van der Waals surface area contributed by atoms with Crippen LogP contribution in [0, 0.1) is 11.3 Å². The highest BCUT2D eigenvalue weighted by molar-refractivity contribution is 5.76. The first-order valence-electron chi connectivity index (χ1n) is 5.95. The van der Waals surface area contributed by atoms with Crippen LogP contribution in [-0.2, 0) is 6.18 Å². The molecule has 2 aromatic rings. The van der Waals surface area contributed by atoms with Gasteiger partial charge in [-0.1, -0.05) is 24.3 Å². The van der Waals surface area contributed by atoms with Gasteiger partial charge in [0.25, 0.3) is 0 Å². The fraction of sp³-hybridized carbons (Fsp3) is 0.0625. The number of nitrogens with zero attached hydrogens (tertiary/aromatic N) is 1. The summed E-state index contributed by atoms with van der Waals surface area (Å²) in [5.74, 6) is -0.645. The first kappa shape index (κ1) is 14.8. The lowest BCUT2D eigenvalue weighted by Gasteiger charge is -2.06. The van der Waals surface area contributed by atoms with Crippen molar-refractivity contribution >= 4 is 11.9 Å². The van der Waals surface area contributed by atoms with Gasteiger partial charge in [-0.3, -0.25) is 0 Å². The summed E-state index contributed by atoms with van der Waals surface area (Å²) in [7, 11) is 0. The van der Waals surface area contributed by atoms with Crippen LogP contribution in [-0.4, -0.2) is 0 Å². The minimum atomic E-state index is -4.44. The first-order chi connectivity index (χ1) is 9.90. The maximum Gasteiger partial charge on any atom is 0.416 e. The molecule has 0 saturated carbocycles. The normalized spacial score (nSPS) is 12.0. The fourth-order valence-electron chi connectivity index (χ4n) is 1.70. The second kappa shape index (κ2) is 5.80. The molecule has 0 bridgehead atoms. The summed E-state index contributed by atoms with van der Waals surface area (Å²) in [5, 5.41) is 8.65. The summed E-state index contributed by atoms with van der Waals surface area (Å²) in [4.78, 5) is 0. The van der Waals surface area contributed by atoms with E-state index in [1.54, 1.807) is 12.1 Å². The van der Waals surface area contributed by atoms with Gasteiger partial charge in [-0.15, -0.1) is 0 Å². The van der Waals surface area contributed by atoms with E-state index in [-0.39, 0.29) is 5.56 Å². The summed E-state index contributed by atoms with van der Waals surface area (Å²) in [6.45, 7) is 0. The molecule has 0 aliphatic rings. The summed E-state index contributed by atoms with van der Waals surface area (Å²) in [6.07, 6.45) is -3.24. The highest BCUT2D eigenvalue weighted by atomic mass is 19.4. The van der Waals surface area contributed by atoms with Crippen molar-refractivity contribution in [1.82, 2.24) is 0 Å². The maximum absolute atomic E-state index is 13.9. The molecule has 2 rings (SSSR count). The van der Waals surface area contributed by atoms with Crippen LogP contribution in [0.5, 0.6) is 0 Å². The van der Waals surface area contributed by atoms with E-state index in [9.17, 15) is 17.6 Å². The third-order valence-electron chi connectivity index (χ3n) is 2.82. The number of hydrogen-bond donors (Lipinski definition) is 0. The molecule has 1 nitrogen and oxygen atoms in total. The molecule has 0 aromatic heterocycles. The van der Waals surface area contributed by atoms with Crippen molar-refractivity contribution in [3.63, 3.8) is 0 Å². The van der Waals surface area contributed by atoms with E-state index in [0.717, 1.165) is 24.3 Å². The van der Waals surface area contributed by atoms with Crippen molar-refractivity contribution < 1.29 is 17.6 Å². The quantitative estimate of drug-likeness (QED) is 0.561. The van der Waals surface area contributed by atoms with Crippen molar-refractivity contribution in [3.05, 3.63) is 70.8 Å². The molecular weight excluding hydrogens is 282 g/mol. The lowest BCUT2D eigenvalue weighted by atomic mass is 10.1. The Morgan fingerprint density at radius 3 is 2.00 bits per heavy atom. The van der Waals surface area contributed by atoms with Crippen molar-refractivity contribution in [2.75, 3.05) is 0 Å². The van der Waals surface area contributed by atoms with Gasteiger partial charge in [-0.25, -0.2) is 4.39 Å². The molecule has 0 aliphatic carbocycles. The SMILES string of the molecule is N#Cc1ccc(/C=C(\F)c2ccc(C(F)(F)F)cc2)cc1. The van der Waals surface area contributed by atoms with E-state index in [2.05, 4.69) is 0 Å². The molecule has 0 heterocycles. The van der Waals surface area contributed by atoms with Crippen molar-refractivity contribution in [3.8, 4) is 6.07 Å². The van der Waals surface area contributed by atoms with Crippen molar-refractivity contribution in [2.24, 2.45) is 0 Å². The van der Waals surface area contributed by atoms with Gasteiger partial charge in [0, 0.05) is 5.56 Å². The first-order valence-corrected chi connectivity index (χ1v) is 5.95. The Balaban J connectivity index is 2.24. The lowest BCUT2D eigenvalue weighted by molar-refractivity contribution is -0.137. The Bertz CT molecular complexity index is 689. The molecule has 0 amide bonds. The van der Waals surface area contributed by atoms with Gasteiger partial charge >= 0.3 is 6.18 Å². The molecular formula is C16H9F4N. The van der Waals surface area contributed by atoms with Gasteiger partial charge in [0.15, 0.2) is 0 Å². The number of halogens is 4. The minimum Gasteiger partial charge on any atom is -0.206 e. The van der Waals surface area contributed by atoms with Gasteiger partial charge in [0.1, 0.15) is 5.83 Å². The Labute approximate surface area is 118 Å². The predicted octanol–water partition coefficient (Wildman–Crippen LogP) is 5.04. The zero-order valence-electron chi connectivity index (χ0n) is 10.7. The van der Waals surface area contributed by atoms with E-state index in [1.165, 1.54) is 18.2 Å². The maximum atomic E-state index is 13.9. The molecule has 0 saturated heterocycles. The fourth-order valence-corrected chi connectivity index (χ4v) is 1.70. The number of nitriles is 1. The van der Waals surface area contributed by atoms with Crippen LogP contribution in [0.15, 0.2) is 48.5 Å². The van der Waals surface area contributed by atoms with E-state index in [4.69, 9.17) is 5.26 Å². The molecule has 5 heteroatoms. The summed E-state index contributed by atoms with van der Waals surface area (Å²) in [5.41, 5.74) is 0.207. The molecule has 0 aliphatic heterocycles. The van der Waals surface area contributed by atoms with Crippen LogP contribution < -0.4 is 0 Å². The molecule has 0 spiro atoms. The van der Waals surface area contributed by atoms with E-state index in [0.29, 0.717) is 11.1 Å². The monoisotopic (exact) mass is 291 g/mol. The van der Waals surface area contributed by atoms with Crippen LogP contribution >= 0.6 is 0 Å². The van der Waals surface area contributed by atoms with Gasteiger partial charge in [-0.05, 0) is 35.9 Å². The molecule has 0 fully saturated rings. The van der Waals surface area contributed by atoms with Crippen LogP contribution in [0.3, 0.4) is 0 Å². The Hall–Kier alpha value is -2.61. The molecule has 21 heavy (non-hydrogen) atoms. The van der Waals surface area contributed by atoms with Crippen LogP contribution in [0.2, 0.25) is 0 Å². The third-order valence-corrected chi connectivity index (χ3v) is 2.82. The minimum absolute atomic E-state index is 0.0624. The Morgan fingerprint density at radius 1 is 0.952 bits per heavy atom. The third kappa shape index (κ3) is 3.69. The van der Waals surface area contributed by atoms with Gasteiger partial charge < -0.3 is 0 Å². The standard InChI is InChI=1S/C16H9F4N/c17-15(9-11-1-3-12(10-21)4-2-11)13-5-7-14(8-6-13)16(18,19)20/h1-9H/b15-9-. The average molecular weight is 291 g/mol. The molecule has 0 unspecified atom stereocenters. The number of alkyl halides is 3. The van der Waals surface area contributed by atoms with Crippen molar-refractivity contribution in [1.29, 1.82) is 5.26 Å². The second-order valence-corrected chi connectivity index (χ2v) is 4.30. The number of hydrogen-bond acceptors (Lipinski definition) is 1. The number of benzene rings is 2. The summed E-state index contributed by atoms with van der Waals surface area (Å²) < 4.78 is 51.2. The molecule has 2 aromatic carbocycles. The molecule has 106 valence electrons. The largest absolute Gasteiger partial charge is 0.416 e. The van der Waals surface area contributed by atoms with E-state index in [1.807, 2.05) is 6.07 Å². The summed E-state index contributed by atoms with van der Waals surface area (Å²) >= 11 is 0. The highest BCUT2D eigenvalue weighted by Gasteiger charge is 2.30. The zero-order valence-corrected chi connectivity index (χ0v) is 10.7. The Kier molecular flexibility index (Phi) is 4.08. The lowest BCUT2D eigenvalue weighted by Crippen LogP contribution is -2.04. The van der Waals surface area contributed by atoms with E-state index >= 15 is 0 Å². The topological polar surface area (TPSA) is 23.8 Å². The van der Waals surface area contributed by atoms with Crippen LogP contribution in [0.4, 0.5) is 17.6 Å². The molecule has 0 radical (unpaired) electrons. The van der Waals surface area contributed by atoms with Crippen LogP contribution in [0.25, 0.3) is 11.9 Å². The second-order valence-electron chi connectivity index (χ2n) is 4.30. The van der Waals surface area contributed by atoms with Crippen molar-refractivity contribution in [2.45, 2.75) is 6.18 Å². The number of rotatable bonds is 2. The molecule has 0 N–H and O–H groups in total. The average Bonchev–Trinajstić information content (AvgIpc) is 2.47. The summed E-state index contributed by atoms with van der Waals surface area (Å²) in [6, 6.07) is 12.0. The zero-order chi connectivity index (χ0) is 15.5. The van der Waals surface area contributed by atoms with E-state index < -0.39 is 17.6 Å². The van der Waals surface area contributed by atoms with Crippen LogP contribution in [0.1, 0.15) is 22.3 Å². The highest BCUT2D eigenvalue weighted by Crippen LogP contribution is 2.30. The van der Waals surface area contributed by atoms with Gasteiger partial charge in [0.05, 0.1) is 17.2 Å². The van der Waals surface area contributed by atoms with Gasteiger partial charge in [0.2, 0.25) is 0 Å². The predicted molar refractivity (Wildman–Crippen MR) is 71.6 cm³/mol. The smallest absolute Gasteiger partial charge is 0.206 e. The Morgan fingerprint density at radius 2 is 1.52 bits per heavy atom. The molecule has 0 atom stereocenters.